The number of pyridine rings is 1. The lowest BCUT2D eigenvalue weighted by molar-refractivity contribution is -0.171. The molecule has 0 saturated carbocycles. The first kappa shape index (κ1) is 14.7. The van der Waals surface area contributed by atoms with Gasteiger partial charge in [-0.2, -0.15) is 0 Å². The summed E-state index contributed by atoms with van der Waals surface area (Å²) in [4.78, 5) is 17.9. The van der Waals surface area contributed by atoms with Crippen molar-refractivity contribution in [3.63, 3.8) is 0 Å². The van der Waals surface area contributed by atoms with Crippen molar-refractivity contribution in [1.82, 2.24) is 9.88 Å². The van der Waals surface area contributed by atoms with Gasteiger partial charge in [-0.3, -0.25) is 9.78 Å². The van der Waals surface area contributed by atoms with E-state index in [0.29, 0.717) is 18.7 Å². The van der Waals surface area contributed by atoms with Crippen molar-refractivity contribution in [3.8, 4) is 0 Å². The predicted molar refractivity (Wildman–Crippen MR) is 80.6 cm³/mol. The summed E-state index contributed by atoms with van der Waals surface area (Å²) >= 11 is 0. The van der Waals surface area contributed by atoms with Crippen LogP contribution in [0, 0.1) is 0 Å². The number of nitrogens with zero attached hydrogens (tertiary/aromatic N) is 2. The first-order valence-electron chi connectivity index (χ1n) is 7.25. The second kappa shape index (κ2) is 5.87. The third-order valence-electron chi connectivity index (χ3n) is 4.16. The third-order valence-corrected chi connectivity index (χ3v) is 4.16. The fourth-order valence-electron chi connectivity index (χ4n) is 2.83. The molecule has 2 unspecified atom stereocenters. The zero-order valence-electron chi connectivity index (χ0n) is 12.1. The van der Waals surface area contributed by atoms with Gasteiger partial charge in [-0.1, -0.05) is 30.3 Å². The van der Waals surface area contributed by atoms with Crippen molar-refractivity contribution in [3.05, 3.63) is 66.0 Å². The Morgan fingerprint density at radius 2 is 1.86 bits per heavy atom. The molecule has 1 aliphatic rings. The molecule has 1 amide bonds. The quantitative estimate of drug-likeness (QED) is 0.889. The van der Waals surface area contributed by atoms with E-state index in [-0.39, 0.29) is 6.42 Å². The number of hydrogen-bond donors (Lipinski definition) is 2. The molecule has 5 nitrogen and oxygen atoms in total. The molecule has 2 atom stereocenters. The maximum atomic E-state index is 12.4. The average molecular weight is 298 g/mol. The number of piperidine rings is 1. The Labute approximate surface area is 128 Å². The molecule has 2 aromatic rings. The normalized spacial score (nSPS) is 25.3. The van der Waals surface area contributed by atoms with Gasteiger partial charge < -0.3 is 15.1 Å². The summed E-state index contributed by atoms with van der Waals surface area (Å²) in [5.74, 6) is -0.450. The van der Waals surface area contributed by atoms with Gasteiger partial charge in [0.1, 0.15) is 5.60 Å². The van der Waals surface area contributed by atoms with Crippen molar-refractivity contribution >= 4 is 5.91 Å². The average Bonchev–Trinajstić information content (AvgIpc) is 2.57. The Kier molecular flexibility index (Phi) is 3.92. The molecule has 0 aliphatic carbocycles. The number of aromatic nitrogens is 1. The van der Waals surface area contributed by atoms with E-state index in [9.17, 15) is 15.0 Å². The number of benzene rings is 1. The zero-order chi connectivity index (χ0) is 15.6. The highest BCUT2D eigenvalue weighted by atomic mass is 16.4. The van der Waals surface area contributed by atoms with Crippen LogP contribution < -0.4 is 0 Å². The Hall–Kier alpha value is -2.24. The summed E-state index contributed by atoms with van der Waals surface area (Å²) in [6.07, 6.45) is 1.91. The number of amides is 1. The highest BCUT2D eigenvalue weighted by molar-refractivity contribution is 5.83. The maximum Gasteiger partial charge on any atom is 0.255 e. The number of carbonyl (C=O) groups excluding carboxylic acids is 1. The highest BCUT2D eigenvalue weighted by Crippen LogP contribution is 2.34. The molecule has 3 rings (SSSR count). The zero-order valence-corrected chi connectivity index (χ0v) is 12.1. The molecule has 0 radical (unpaired) electrons. The Morgan fingerprint density at radius 1 is 1.18 bits per heavy atom. The Balaban J connectivity index is 1.79. The molecule has 1 fully saturated rings. The minimum Gasteiger partial charge on any atom is -0.382 e. The summed E-state index contributed by atoms with van der Waals surface area (Å²) in [5, 5.41) is 21.1. The van der Waals surface area contributed by atoms with E-state index in [1.165, 1.54) is 0 Å². The van der Waals surface area contributed by atoms with Crippen LogP contribution in [-0.2, 0) is 16.9 Å². The third kappa shape index (κ3) is 2.61. The summed E-state index contributed by atoms with van der Waals surface area (Å²) in [5.41, 5.74) is -0.0344. The van der Waals surface area contributed by atoms with E-state index >= 15 is 0 Å². The number of likely N-dealkylation sites (tertiary alicyclic amines) is 1. The molecular formula is C17H18N2O3. The molecule has 1 aromatic carbocycles. The van der Waals surface area contributed by atoms with Crippen molar-refractivity contribution in [2.24, 2.45) is 0 Å². The fraction of sp³-hybridized carbons (Fsp3) is 0.294. The SMILES string of the molecule is O=C1C(O)C(O)(c2ccncc2)CCN1Cc1ccccc1. The Bertz CT molecular complexity index is 647. The van der Waals surface area contributed by atoms with Gasteiger partial charge in [-0.15, -0.1) is 0 Å². The molecule has 0 spiro atoms. The van der Waals surface area contributed by atoms with E-state index in [1.807, 2.05) is 30.3 Å². The van der Waals surface area contributed by atoms with Crippen molar-refractivity contribution in [2.75, 3.05) is 6.54 Å². The van der Waals surface area contributed by atoms with Gasteiger partial charge in [0.25, 0.3) is 5.91 Å². The van der Waals surface area contributed by atoms with Crippen molar-refractivity contribution < 1.29 is 15.0 Å². The lowest BCUT2D eigenvalue weighted by Crippen LogP contribution is -2.57. The summed E-state index contributed by atoms with van der Waals surface area (Å²) in [7, 11) is 0. The van der Waals surface area contributed by atoms with Crippen LogP contribution in [0.15, 0.2) is 54.9 Å². The van der Waals surface area contributed by atoms with E-state index in [1.54, 1.807) is 29.4 Å². The molecule has 0 bridgehead atoms. The molecule has 2 heterocycles. The minimum atomic E-state index is -1.55. The standard InChI is InChI=1S/C17H18N2O3/c20-15-16(21)19(12-13-4-2-1-3-5-13)11-8-17(15,22)14-6-9-18-10-7-14/h1-7,9-10,15,20,22H,8,11-12H2. The molecule has 114 valence electrons. The fourth-order valence-corrected chi connectivity index (χ4v) is 2.83. The van der Waals surface area contributed by atoms with Gasteiger partial charge in [0.05, 0.1) is 0 Å². The summed E-state index contributed by atoms with van der Waals surface area (Å²) in [6, 6.07) is 12.9. The van der Waals surface area contributed by atoms with E-state index in [0.717, 1.165) is 5.56 Å². The van der Waals surface area contributed by atoms with Crippen LogP contribution in [0.3, 0.4) is 0 Å². The summed E-state index contributed by atoms with van der Waals surface area (Å²) in [6.45, 7) is 0.826. The van der Waals surface area contributed by atoms with E-state index < -0.39 is 17.6 Å². The Morgan fingerprint density at radius 3 is 2.55 bits per heavy atom. The number of aliphatic hydroxyl groups excluding tert-OH is 1. The molecule has 1 saturated heterocycles. The van der Waals surface area contributed by atoms with Crippen LogP contribution in [0.25, 0.3) is 0 Å². The predicted octanol–water partition coefficient (Wildman–Crippen LogP) is 1.06. The van der Waals surface area contributed by atoms with E-state index in [2.05, 4.69) is 4.98 Å². The lowest BCUT2D eigenvalue weighted by atomic mass is 9.82. The molecule has 2 N–H and O–H groups in total. The number of aliphatic hydroxyl groups is 2. The molecule has 22 heavy (non-hydrogen) atoms. The second-order valence-electron chi connectivity index (χ2n) is 5.56. The monoisotopic (exact) mass is 298 g/mol. The molecule has 1 aliphatic heterocycles. The number of rotatable bonds is 3. The van der Waals surface area contributed by atoms with Crippen LogP contribution in [0.5, 0.6) is 0 Å². The topological polar surface area (TPSA) is 73.7 Å². The van der Waals surface area contributed by atoms with Crippen LogP contribution in [0.4, 0.5) is 0 Å². The van der Waals surface area contributed by atoms with Gasteiger partial charge in [-0.05, 0) is 23.3 Å². The molecule has 5 heteroatoms. The number of carbonyl (C=O) groups is 1. The van der Waals surface area contributed by atoms with Crippen LogP contribution >= 0.6 is 0 Å². The van der Waals surface area contributed by atoms with Gasteiger partial charge in [0, 0.05) is 31.9 Å². The van der Waals surface area contributed by atoms with Crippen molar-refractivity contribution in [2.45, 2.75) is 24.7 Å². The second-order valence-corrected chi connectivity index (χ2v) is 5.56. The van der Waals surface area contributed by atoms with Crippen LogP contribution in [0.2, 0.25) is 0 Å². The van der Waals surface area contributed by atoms with E-state index in [4.69, 9.17) is 0 Å². The summed E-state index contributed by atoms with van der Waals surface area (Å²) < 4.78 is 0. The maximum absolute atomic E-state index is 12.4. The molecular weight excluding hydrogens is 280 g/mol. The van der Waals surface area contributed by atoms with Gasteiger partial charge in [-0.25, -0.2) is 0 Å². The largest absolute Gasteiger partial charge is 0.382 e. The smallest absolute Gasteiger partial charge is 0.255 e. The minimum absolute atomic E-state index is 0.288. The van der Waals surface area contributed by atoms with Crippen LogP contribution in [0.1, 0.15) is 17.5 Å². The first-order valence-corrected chi connectivity index (χ1v) is 7.25. The molecule has 1 aromatic heterocycles. The lowest BCUT2D eigenvalue weighted by Gasteiger charge is -2.41. The highest BCUT2D eigenvalue weighted by Gasteiger charge is 2.47. The number of hydrogen-bond acceptors (Lipinski definition) is 4. The van der Waals surface area contributed by atoms with Crippen molar-refractivity contribution in [1.29, 1.82) is 0 Å². The van der Waals surface area contributed by atoms with Gasteiger partial charge in [0.2, 0.25) is 0 Å². The van der Waals surface area contributed by atoms with Crippen LogP contribution in [-0.4, -0.2) is 38.7 Å². The first-order chi connectivity index (χ1) is 10.6. The van der Waals surface area contributed by atoms with Gasteiger partial charge in [0.15, 0.2) is 6.10 Å². The van der Waals surface area contributed by atoms with Gasteiger partial charge >= 0.3 is 0 Å².